The van der Waals surface area contributed by atoms with Crippen molar-refractivity contribution in [3.8, 4) is 11.8 Å². The summed E-state index contributed by atoms with van der Waals surface area (Å²) in [6, 6.07) is 6.93. The van der Waals surface area contributed by atoms with E-state index in [1.54, 1.807) is 12.1 Å². The predicted octanol–water partition coefficient (Wildman–Crippen LogP) is 1.69. The van der Waals surface area contributed by atoms with Gasteiger partial charge in [-0.1, -0.05) is 11.8 Å². The normalized spacial score (nSPS) is 9.67. The summed E-state index contributed by atoms with van der Waals surface area (Å²) in [5.41, 5.74) is 3.26. The molecular formula is C16H15N3O2. The lowest BCUT2D eigenvalue weighted by Crippen LogP contribution is -2.14. The molecule has 0 aromatic carbocycles. The fourth-order valence-electron chi connectivity index (χ4n) is 1.75. The van der Waals surface area contributed by atoms with Crippen molar-refractivity contribution in [3.63, 3.8) is 0 Å². The molecule has 0 spiro atoms. The molecule has 0 unspecified atom stereocenters. The van der Waals surface area contributed by atoms with Crippen molar-refractivity contribution in [2.45, 2.75) is 13.8 Å². The van der Waals surface area contributed by atoms with E-state index in [4.69, 9.17) is 5.11 Å². The number of aliphatic hydroxyl groups excluding tert-OH is 1. The van der Waals surface area contributed by atoms with Crippen LogP contribution in [0.5, 0.6) is 0 Å². The van der Waals surface area contributed by atoms with Gasteiger partial charge < -0.3 is 10.4 Å². The van der Waals surface area contributed by atoms with E-state index in [9.17, 15) is 4.79 Å². The first-order valence-electron chi connectivity index (χ1n) is 6.41. The highest BCUT2D eigenvalue weighted by Crippen LogP contribution is 2.13. The number of amides is 1. The van der Waals surface area contributed by atoms with Crippen molar-refractivity contribution in [1.82, 2.24) is 9.97 Å². The number of hydrogen-bond donors (Lipinski definition) is 2. The molecule has 2 rings (SSSR count). The molecule has 0 bridgehead atoms. The summed E-state index contributed by atoms with van der Waals surface area (Å²) in [5, 5.41) is 11.4. The molecule has 0 saturated heterocycles. The van der Waals surface area contributed by atoms with Crippen LogP contribution in [0.1, 0.15) is 27.4 Å². The van der Waals surface area contributed by atoms with Gasteiger partial charge in [0, 0.05) is 17.5 Å². The molecule has 0 aliphatic rings. The molecule has 2 aromatic rings. The molecule has 0 aliphatic carbocycles. The average molecular weight is 281 g/mol. The Morgan fingerprint density at radius 3 is 2.71 bits per heavy atom. The minimum Gasteiger partial charge on any atom is -0.384 e. The smallest absolute Gasteiger partial charge is 0.274 e. The molecule has 21 heavy (non-hydrogen) atoms. The van der Waals surface area contributed by atoms with Crippen LogP contribution in [0.15, 0.2) is 30.5 Å². The van der Waals surface area contributed by atoms with Crippen LogP contribution in [0.3, 0.4) is 0 Å². The Morgan fingerprint density at radius 1 is 1.29 bits per heavy atom. The highest BCUT2D eigenvalue weighted by molar-refractivity contribution is 6.03. The van der Waals surface area contributed by atoms with Gasteiger partial charge in [-0.2, -0.15) is 0 Å². The summed E-state index contributed by atoms with van der Waals surface area (Å²) in [4.78, 5) is 20.4. The van der Waals surface area contributed by atoms with Crippen molar-refractivity contribution in [2.24, 2.45) is 0 Å². The molecule has 0 atom stereocenters. The molecule has 2 heterocycles. The van der Waals surface area contributed by atoms with Crippen molar-refractivity contribution < 1.29 is 9.90 Å². The summed E-state index contributed by atoms with van der Waals surface area (Å²) in [6.45, 7) is 3.53. The second kappa shape index (κ2) is 6.64. The Balaban J connectivity index is 2.13. The molecule has 0 radical (unpaired) electrons. The molecule has 0 aliphatic heterocycles. The quantitative estimate of drug-likeness (QED) is 0.821. The van der Waals surface area contributed by atoms with Gasteiger partial charge in [0.15, 0.2) is 0 Å². The zero-order valence-electron chi connectivity index (χ0n) is 11.8. The molecule has 1 amide bonds. The zero-order chi connectivity index (χ0) is 15.2. The number of carbonyl (C=O) groups excluding carboxylic acids is 1. The van der Waals surface area contributed by atoms with E-state index >= 15 is 0 Å². The zero-order valence-corrected chi connectivity index (χ0v) is 11.8. The summed E-state index contributed by atoms with van der Waals surface area (Å²) in [5.74, 6) is 4.94. The highest BCUT2D eigenvalue weighted by Gasteiger charge is 2.09. The van der Waals surface area contributed by atoms with Gasteiger partial charge in [0.05, 0.1) is 11.4 Å². The first-order valence-corrected chi connectivity index (χ1v) is 6.41. The number of carbonyl (C=O) groups is 1. The lowest BCUT2D eigenvalue weighted by Gasteiger charge is -2.07. The molecule has 2 N–H and O–H groups in total. The Morgan fingerprint density at radius 2 is 2.10 bits per heavy atom. The second-order valence-electron chi connectivity index (χ2n) is 4.43. The maximum Gasteiger partial charge on any atom is 0.274 e. The number of aliphatic hydroxyl groups is 1. The molecule has 0 fully saturated rings. The number of rotatable bonds is 2. The van der Waals surface area contributed by atoms with Crippen molar-refractivity contribution in [1.29, 1.82) is 0 Å². The van der Waals surface area contributed by atoms with Crippen molar-refractivity contribution in [2.75, 3.05) is 11.9 Å². The first kappa shape index (κ1) is 14.7. The summed E-state index contributed by atoms with van der Waals surface area (Å²) in [6.07, 6.45) is 1.50. The number of aryl methyl sites for hydroxylation is 2. The van der Waals surface area contributed by atoms with Crippen molar-refractivity contribution >= 4 is 11.6 Å². The highest BCUT2D eigenvalue weighted by atomic mass is 16.2. The van der Waals surface area contributed by atoms with Crippen LogP contribution in [0, 0.1) is 25.7 Å². The third-order valence-electron chi connectivity index (χ3n) is 2.78. The van der Waals surface area contributed by atoms with E-state index in [0.29, 0.717) is 16.9 Å². The van der Waals surface area contributed by atoms with Gasteiger partial charge in [0.25, 0.3) is 5.91 Å². The van der Waals surface area contributed by atoms with Crippen LogP contribution in [0.4, 0.5) is 5.69 Å². The van der Waals surface area contributed by atoms with E-state index in [1.807, 2.05) is 26.0 Å². The van der Waals surface area contributed by atoms with E-state index in [-0.39, 0.29) is 12.5 Å². The van der Waals surface area contributed by atoms with Crippen LogP contribution < -0.4 is 5.32 Å². The van der Waals surface area contributed by atoms with Gasteiger partial charge in [0.1, 0.15) is 12.3 Å². The summed E-state index contributed by atoms with van der Waals surface area (Å²) in [7, 11) is 0. The third kappa shape index (κ3) is 3.88. The van der Waals surface area contributed by atoms with Gasteiger partial charge in [-0.25, -0.2) is 4.98 Å². The fraction of sp³-hybridized carbons (Fsp3) is 0.188. The number of nitrogens with zero attached hydrogens (tertiary/aromatic N) is 2. The van der Waals surface area contributed by atoms with Gasteiger partial charge in [0.2, 0.25) is 0 Å². The molecule has 0 saturated carbocycles. The minimum atomic E-state index is -0.301. The minimum absolute atomic E-state index is 0.206. The molecule has 5 nitrogen and oxygen atoms in total. The van der Waals surface area contributed by atoms with Crippen LogP contribution in [-0.4, -0.2) is 27.6 Å². The third-order valence-corrected chi connectivity index (χ3v) is 2.78. The monoisotopic (exact) mass is 281 g/mol. The first-order chi connectivity index (χ1) is 10.1. The summed E-state index contributed by atoms with van der Waals surface area (Å²) >= 11 is 0. The Kier molecular flexibility index (Phi) is 4.64. The van der Waals surface area contributed by atoms with Crippen LogP contribution >= 0.6 is 0 Å². The molecular weight excluding hydrogens is 266 g/mol. The number of aromatic nitrogens is 2. The molecule has 106 valence electrons. The Labute approximate surface area is 123 Å². The Hall–Kier alpha value is -2.71. The van der Waals surface area contributed by atoms with E-state index in [2.05, 4.69) is 27.1 Å². The topological polar surface area (TPSA) is 75.1 Å². The van der Waals surface area contributed by atoms with Gasteiger partial charge in [-0.15, -0.1) is 0 Å². The molecule has 5 heteroatoms. The number of nitrogens with one attached hydrogen (secondary N) is 1. The van der Waals surface area contributed by atoms with E-state index < -0.39 is 0 Å². The second-order valence-corrected chi connectivity index (χ2v) is 4.43. The number of pyridine rings is 2. The van der Waals surface area contributed by atoms with Crippen LogP contribution in [0.2, 0.25) is 0 Å². The number of anilines is 1. The van der Waals surface area contributed by atoms with E-state index in [0.717, 1.165) is 11.4 Å². The Bertz CT molecular complexity index is 713. The van der Waals surface area contributed by atoms with E-state index in [1.165, 1.54) is 6.20 Å². The predicted molar refractivity (Wildman–Crippen MR) is 79.9 cm³/mol. The van der Waals surface area contributed by atoms with Gasteiger partial charge in [-0.3, -0.25) is 9.78 Å². The maximum atomic E-state index is 12.1. The number of hydrogen-bond acceptors (Lipinski definition) is 4. The standard InChI is InChI=1S/C16H15N3O2/c1-11-5-7-14(12(2)18-11)19-16(21)15-8-6-13(10-17-15)4-3-9-20/h5-8,10,20H,9H2,1-2H3,(H,19,21). The lowest BCUT2D eigenvalue weighted by atomic mass is 10.2. The SMILES string of the molecule is Cc1ccc(NC(=O)c2ccc(C#CCO)cn2)c(C)n1. The summed E-state index contributed by atoms with van der Waals surface area (Å²) < 4.78 is 0. The maximum absolute atomic E-state index is 12.1. The fourth-order valence-corrected chi connectivity index (χ4v) is 1.75. The lowest BCUT2D eigenvalue weighted by molar-refractivity contribution is 0.102. The molecule has 2 aromatic heterocycles. The van der Waals surface area contributed by atoms with Crippen molar-refractivity contribution in [3.05, 3.63) is 53.1 Å². The van der Waals surface area contributed by atoms with Gasteiger partial charge in [-0.05, 0) is 38.1 Å². The van der Waals surface area contributed by atoms with Crippen LogP contribution in [-0.2, 0) is 0 Å². The van der Waals surface area contributed by atoms with Crippen LogP contribution in [0.25, 0.3) is 0 Å². The largest absolute Gasteiger partial charge is 0.384 e. The van der Waals surface area contributed by atoms with Gasteiger partial charge >= 0.3 is 0 Å². The average Bonchev–Trinajstić information content (AvgIpc) is 2.48.